The van der Waals surface area contributed by atoms with E-state index in [0.29, 0.717) is 54.4 Å². The molecule has 5 nitrogen and oxygen atoms in total. The lowest BCUT2D eigenvalue weighted by Crippen LogP contribution is -2.29. The predicted molar refractivity (Wildman–Crippen MR) is 449 cm³/mol. The molecule has 0 spiro atoms. The molecule has 0 atom stereocenters. The Balaban J connectivity index is 0.000000229. The van der Waals surface area contributed by atoms with Crippen LogP contribution in [0.2, 0.25) is 0 Å². The number of rotatable bonds is 2. The van der Waals surface area contributed by atoms with Crippen LogP contribution in [0, 0.1) is 89.1 Å². The predicted octanol–water partition coefficient (Wildman–Crippen LogP) is 30.5. The van der Waals surface area contributed by atoms with E-state index in [2.05, 4.69) is 345 Å². The van der Waals surface area contributed by atoms with Gasteiger partial charge >= 0.3 is 0 Å². The van der Waals surface area contributed by atoms with E-state index in [0.717, 1.165) is 46.5 Å². The molecule has 0 radical (unpaired) electrons. The molecule has 101 heavy (non-hydrogen) atoms. The molecular weight excluding hydrogens is 1220 g/mol. The number of nitrogens with zero attached hydrogens (tertiary/aromatic N) is 5. The van der Waals surface area contributed by atoms with E-state index in [1.165, 1.54) is 107 Å². The summed E-state index contributed by atoms with van der Waals surface area (Å²) >= 11 is 0. The molecule has 0 saturated heterocycles. The number of nitriles is 2. The average Bonchev–Trinajstić information content (AvgIpc) is 1.56. The van der Waals surface area contributed by atoms with E-state index in [1.807, 2.05) is 36.4 Å². The van der Waals surface area contributed by atoms with Gasteiger partial charge < -0.3 is 13.7 Å². The molecule has 11 rings (SSSR count). The van der Waals surface area contributed by atoms with E-state index < -0.39 is 0 Å². The van der Waals surface area contributed by atoms with Crippen molar-refractivity contribution >= 4 is 65.4 Å². The van der Waals surface area contributed by atoms with Crippen LogP contribution < -0.4 is 0 Å². The summed E-state index contributed by atoms with van der Waals surface area (Å²) in [5, 5.41) is 25.5. The molecule has 0 bridgehead atoms. The van der Waals surface area contributed by atoms with Gasteiger partial charge in [-0.25, -0.2) is 0 Å². The van der Waals surface area contributed by atoms with Gasteiger partial charge in [-0.05, 0) is 239 Å². The Kier molecular flexibility index (Phi) is 27.2. The Morgan fingerprint density at radius 3 is 1.04 bits per heavy atom. The smallest absolute Gasteiger partial charge is 0.0991 e. The summed E-state index contributed by atoms with van der Waals surface area (Å²) in [4.78, 5) is 0. The second kappa shape index (κ2) is 32.8. The Morgan fingerprint density at radius 2 is 0.733 bits per heavy atom. The van der Waals surface area contributed by atoms with Crippen molar-refractivity contribution in [1.82, 2.24) is 13.7 Å². The highest BCUT2D eigenvalue weighted by Gasteiger charge is 2.35. The van der Waals surface area contributed by atoms with Crippen molar-refractivity contribution in [3.63, 3.8) is 0 Å². The van der Waals surface area contributed by atoms with Crippen LogP contribution in [0.25, 0.3) is 71.1 Å². The summed E-state index contributed by atoms with van der Waals surface area (Å²) < 4.78 is 15.7. The Labute approximate surface area is 620 Å². The molecule has 9 aromatic rings. The van der Waals surface area contributed by atoms with E-state index >= 15 is 0 Å². The minimum Gasteiger partial charge on any atom is -0.335 e. The molecule has 3 heterocycles. The van der Waals surface area contributed by atoms with Crippen LogP contribution in [0.5, 0.6) is 0 Å². The maximum absolute atomic E-state index is 9.13. The van der Waals surface area contributed by atoms with Crippen molar-refractivity contribution in [3.05, 3.63) is 139 Å². The molecule has 6 aromatic carbocycles. The lowest BCUT2D eigenvalue weighted by atomic mass is 9.65. The summed E-state index contributed by atoms with van der Waals surface area (Å²) in [6.07, 6.45) is 14.2. The van der Waals surface area contributed by atoms with Gasteiger partial charge in [0.2, 0.25) is 0 Å². The fourth-order valence-electron chi connectivity index (χ4n) is 16.6. The van der Waals surface area contributed by atoms with E-state index in [-0.39, 0.29) is 22.4 Å². The third-order valence-electron chi connectivity index (χ3n) is 19.8. The first-order valence-corrected chi connectivity index (χ1v) is 38.7. The van der Waals surface area contributed by atoms with Gasteiger partial charge in [0.1, 0.15) is 0 Å². The molecule has 554 valence electrons. The van der Waals surface area contributed by atoms with E-state index in [4.69, 9.17) is 11.9 Å². The number of hydrogen-bond acceptors (Lipinski definition) is 2. The van der Waals surface area contributed by atoms with Gasteiger partial charge in [-0.15, -0.1) is 0 Å². The normalized spacial score (nSPS) is 16.2. The fourth-order valence-corrected chi connectivity index (χ4v) is 16.6. The first-order chi connectivity index (χ1) is 46.3. The zero-order chi connectivity index (χ0) is 77.6. The van der Waals surface area contributed by atoms with Crippen molar-refractivity contribution in [1.29, 1.82) is 10.5 Å². The zero-order valence-electron chi connectivity index (χ0n) is 71.8. The van der Waals surface area contributed by atoms with Gasteiger partial charge in [0.25, 0.3) is 0 Å². The number of fused-ring (bicyclic) bond motifs is 9. The maximum Gasteiger partial charge on any atom is 0.0991 e. The number of aromatic nitrogens is 3. The third kappa shape index (κ3) is 25.5. The lowest BCUT2D eigenvalue weighted by Gasteiger charge is -2.40. The van der Waals surface area contributed by atoms with Crippen molar-refractivity contribution < 1.29 is 1.37 Å². The average molecular weight is 1370 g/mol. The topological polar surface area (TPSA) is 62.4 Å². The summed E-state index contributed by atoms with van der Waals surface area (Å²) in [7, 11) is 0. The minimum atomic E-state index is -0.178. The Hall–Kier alpha value is -6.30. The zero-order valence-corrected chi connectivity index (χ0v) is 70.8. The molecule has 3 aromatic heterocycles. The van der Waals surface area contributed by atoms with Gasteiger partial charge in [0.05, 0.1) is 45.5 Å². The SMILES string of the molecule is CC(C)(C)CC(C)(C)C.CC(C)(C)CC(C)(C)C.CC(C)(C)n1c2ccc(C#N)cc2c2cc(C#N)ccc21.CC(C)(C)n1c2ccccc2c2cccc(-n3c4ccccc4c4ccccc43)c21.CC(C)CC(C)(C)C.CC1(C)CCC(C(C)(C)C)CC1.[2H]C1(C(C)(C)C)CCC(C)(C)CC1. The molecule has 0 amide bonds. The fraction of sp³-hybridized carbons (Fsp3) is 0.604. The Bertz CT molecular complexity index is 4080. The highest BCUT2D eigenvalue weighted by atomic mass is 15.1. The number of benzene rings is 6. The van der Waals surface area contributed by atoms with Crippen molar-refractivity contribution in [2.45, 2.75) is 310 Å². The molecule has 2 saturated carbocycles. The van der Waals surface area contributed by atoms with Crippen LogP contribution in [0.3, 0.4) is 0 Å². The van der Waals surface area contributed by atoms with Crippen LogP contribution >= 0.6 is 0 Å². The van der Waals surface area contributed by atoms with Gasteiger partial charge in [0.15, 0.2) is 0 Å². The number of hydrogen-bond donors (Lipinski definition) is 0. The summed E-state index contributed by atoms with van der Waals surface area (Å²) in [5.74, 6) is 1.63. The second-order valence-corrected chi connectivity index (χ2v) is 42.3. The van der Waals surface area contributed by atoms with Gasteiger partial charge in [0, 0.05) is 61.3 Å². The third-order valence-corrected chi connectivity index (χ3v) is 19.8. The molecule has 2 aliphatic carbocycles. The summed E-state index contributed by atoms with van der Waals surface area (Å²) in [5.41, 5.74) is 13.9. The molecule has 0 aliphatic heterocycles. The van der Waals surface area contributed by atoms with Crippen molar-refractivity contribution in [3.8, 4) is 17.8 Å². The van der Waals surface area contributed by atoms with E-state index in [9.17, 15) is 0 Å². The highest BCUT2D eigenvalue weighted by Crippen LogP contribution is 2.47. The van der Waals surface area contributed by atoms with Crippen molar-refractivity contribution in [2.75, 3.05) is 0 Å². The van der Waals surface area contributed by atoms with Crippen molar-refractivity contribution in [2.24, 2.45) is 66.5 Å². The van der Waals surface area contributed by atoms with E-state index in [1.54, 1.807) is 0 Å². The van der Waals surface area contributed by atoms with Gasteiger partial charge in [-0.2, -0.15) is 10.5 Å². The molecule has 2 fully saturated rings. The first kappa shape index (κ1) is 83.6. The second-order valence-electron chi connectivity index (χ2n) is 42.3. The largest absolute Gasteiger partial charge is 0.335 e. The summed E-state index contributed by atoms with van der Waals surface area (Å²) in [6, 6.07) is 48.8. The minimum absolute atomic E-state index is 0.0454. The molecule has 0 unspecified atom stereocenters. The molecule has 2 aliphatic rings. The molecular formula is C96H145N5. The van der Waals surface area contributed by atoms with Crippen LogP contribution in [-0.4, -0.2) is 13.7 Å². The lowest BCUT2D eigenvalue weighted by molar-refractivity contribution is 0.111. The van der Waals surface area contributed by atoms with Gasteiger partial charge in [-0.3, -0.25) is 0 Å². The maximum atomic E-state index is 9.13. The highest BCUT2D eigenvalue weighted by molar-refractivity contribution is 6.14. The van der Waals surface area contributed by atoms with Crippen LogP contribution in [0.4, 0.5) is 0 Å². The van der Waals surface area contributed by atoms with Crippen LogP contribution in [0.15, 0.2) is 127 Å². The standard InChI is InChI=1S/C28H24N2.C18H15N3.2C12H24.2C9H20.C8H18/c1-28(2,3)30-25-17-9-6-13-21(25)22-14-10-18-26(27(22)30)29-23-15-7-4-11-19(23)20-12-5-8-16-24(20)29;1-18(2,3)21-16-6-4-12(10-19)8-14(16)15-9-13(11-20)5-7-17(15)21;2*1-11(2,3)10-6-8-12(4,5)9-7-10;2*1-8(2,3)7-9(4,5)6;1-7(2)6-8(3,4)5/h4-18H,1-3H3;4-9H,1-3H3;2*10H,6-9H2,1-5H3;2*7H2,1-6H3;7H,6H2,1-5H3/i;;10D;;;;. The molecule has 0 N–H and O–H groups in total. The summed E-state index contributed by atoms with van der Waals surface area (Å²) in [6.45, 7) is 75.5. The number of para-hydroxylation sites is 4. The van der Waals surface area contributed by atoms with Crippen LogP contribution in [-0.2, 0) is 11.1 Å². The quantitative estimate of drug-likeness (QED) is 0.173. The van der Waals surface area contributed by atoms with Crippen LogP contribution in [0.1, 0.15) is 312 Å². The Morgan fingerprint density at radius 1 is 0.396 bits per heavy atom. The van der Waals surface area contributed by atoms with Gasteiger partial charge in [-0.1, -0.05) is 254 Å². The molecule has 5 heteroatoms. The first-order valence-electron chi connectivity index (χ1n) is 39.2. The monoisotopic (exact) mass is 1370 g/mol.